The third-order valence-corrected chi connectivity index (χ3v) is 18.0. The number of aliphatic hydroxyl groups excluding tert-OH is 1. The quantitative estimate of drug-likeness (QED) is 0.0352. The molecule has 4 amide bonds. The number of H-pyrrole nitrogens is 1. The Labute approximate surface area is 497 Å². The zero-order chi connectivity index (χ0) is 59.7. The van der Waals surface area contributed by atoms with E-state index in [-0.39, 0.29) is 62.6 Å². The highest BCUT2D eigenvalue weighted by Crippen LogP contribution is 2.46. The number of thiazole rings is 1. The van der Waals surface area contributed by atoms with Crippen LogP contribution >= 0.6 is 11.3 Å². The maximum absolute atomic E-state index is 14.2. The molecule has 0 bridgehead atoms. The van der Waals surface area contributed by atoms with Crippen LogP contribution in [0.25, 0.3) is 26.2 Å². The number of ketones is 1. The zero-order valence-corrected chi connectivity index (χ0v) is 50.7. The highest BCUT2D eigenvalue weighted by atomic mass is 32.1. The first-order valence-electron chi connectivity index (χ1n) is 29.7. The highest BCUT2D eigenvalue weighted by molar-refractivity contribution is 7.13. The summed E-state index contributed by atoms with van der Waals surface area (Å²) in [5.74, 6) is -1.01. The molecule has 84 heavy (non-hydrogen) atoms. The second-order valence-electron chi connectivity index (χ2n) is 24.1. The Kier molecular flexibility index (Phi) is 20.4. The lowest BCUT2D eigenvalue weighted by Gasteiger charge is -2.44. The summed E-state index contributed by atoms with van der Waals surface area (Å²) >= 11 is 1.57. The number of aryl methyl sites for hydroxylation is 2. The number of fused-ring (bicyclic) bond motifs is 4. The fourth-order valence-electron chi connectivity index (χ4n) is 12.2. The number of ether oxygens (including phenoxy) is 4. The van der Waals surface area contributed by atoms with E-state index >= 15 is 0 Å². The van der Waals surface area contributed by atoms with Gasteiger partial charge in [-0.05, 0) is 72.1 Å². The topological polar surface area (TPSA) is 213 Å². The fraction of sp³-hybridized carbons (Fsp3) is 0.547. The molecule has 450 valence electrons. The number of carbonyl (C=O) groups excluding carboxylic acids is 5. The molecule has 5 heterocycles. The SMILES string of the molecule is [C-]#[N+]c1ccc2c3c([nH]c2c1)C(C)(C)c1cc(N2CCC(N4CCN(C(=O)CCOCCOCCOCCOCCC(=O)N[C@H](C(=O)N5C[C@H](O)C[C@H]5C(=O)NCc5ccc(-c6scnc6C)cc5)C(C)(C)C)CC4)CC2)c(CC)cc1C3=O. The van der Waals surface area contributed by atoms with Crippen molar-refractivity contribution in [3.63, 3.8) is 0 Å². The van der Waals surface area contributed by atoms with Crippen LogP contribution in [0.4, 0.5) is 11.4 Å². The van der Waals surface area contributed by atoms with Crippen molar-refractivity contribution in [1.82, 2.24) is 35.3 Å². The second-order valence-corrected chi connectivity index (χ2v) is 24.9. The van der Waals surface area contributed by atoms with Crippen LogP contribution in [-0.4, -0.2) is 182 Å². The largest absolute Gasteiger partial charge is 0.391 e. The maximum Gasteiger partial charge on any atom is 0.246 e. The number of aromatic amines is 1. The molecule has 3 fully saturated rings. The van der Waals surface area contributed by atoms with Crippen LogP contribution in [0.1, 0.15) is 118 Å². The van der Waals surface area contributed by atoms with Gasteiger partial charge in [0.25, 0.3) is 0 Å². The Morgan fingerprint density at radius 2 is 1.54 bits per heavy atom. The molecular formula is C64H83N9O10S. The number of rotatable bonds is 24. The van der Waals surface area contributed by atoms with Gasteiger partial charge in [-0.1, -0.05) is 77.9 Å². The van der Waals surface area contributed by atoms with Crippen molar-refractivity contribution in [3.05, 3.63) is 111 Å². The van der Waals surface area contributed by atoms with E-state index in [0.717, 1.165) is 100 Å². The van der Waals surface area contributed by atoms with Crippen molar-refractivity contribution in [2.45, 2.75) is 123 Å². The summed E-state index contributed by atoms with van der Waals surface area (Å²) in [6.07, 6.45) is 2.46. The summed E-state index contributed by atoms with van der Waals surface area (Å²) in [5, 5.41) is 17.3. The number of aromatic nitrogens is 2. The van der Waals surface area contributed by atoms with Gasteiger partial charge in [0, 0.05) is 105 Å². The Balaban J connectivity index is 0.598. The summed E-state index contributed by atoms with van der Waals surface area (Å²) in [5.41, 5.74) is 10.8. The lowest BCUT2D eigenvalue weighted by molar-refractivity contribution is -0.144. The number of piperazine rings is 1. The Hall–Kier alpha value is -6.57. The number of aliphatic hydroxyl groups is 1. The summed E-state index contributed by atoms with van der Waals surface area (Å²) in [4.78, 5) is 88.8. The van der Waals surface area contributed by atoms with Crippen LogP contribution in [-0.2, 0) is 56.5 Å². The van der Waals surface area contributed by atoms with Gasteiger partial charge >= 0.3 is 0 Å². The second kappa shape index (κ2) is 27.6. The Morgan fingerprint density at radius 1 is 0.881 bits per heavy atom. The van der Waals surface area contributed by atoms with E-state index in [1.54, 1.807) is 17.4 Å². The highest BCUT2D eigenvalue weighted by Gasteiger charge is 2.45. The van der Waals surface area contributed by atoms with Gasteiger partial charge in [-0.2, -0.15) is 0 Å². The summed E-state index contributed by atoms with van der Waals surface area (Å²) in [7, 11) is 0. The molecule has 3 aromatic carbocycles. The number of nitrogens with one attached hydrogen (secondary N) is 3. The maximum atomic E-state index is 14.2. The number of hydrogen-bond donors (Lipinski definition) is 4. The minimum Gasteiger partial charge on any atom is -0.391 e. The van der Waals surface area contributed by atoms with Crippen LogP contribution in [0.3, 0.4) is 0 Å². The number of carbonyl (C=O) groups is 5. The molecule has 0 unspecified atom stereocenters. The number of likely N-dealkylation sites (tertiary alicyclic amines) is 1. The van der Waals surface area contributed by atoms with Gasteiger partial charge in [0.1, 0.15) is 12.1 Å². The van der Waals surface area contributed by atoms with E-state index in [1.807, 2.05) is 74.5 Å². The number of β-amino-alcohol motifs (C(OH)–C–C–N with tert-alkyl or cyclic N) is 1. The van der Waals surface area contributed by atoms with Crippen LogP contribution in [0.5, 0.6) is 0 Å². The number of benzene rings is 3. The van der Waals surface area contributed by atoms with Gasteiger partial charge in [-0.15, -0.1) is 11.3 Å². The number of amides is 4. The molecule has 2 aromatic heterocycles. The van der Waals surface area contributed by atoms with Gasteiger partial charge in [-0.25, -0.2) is 9.83 Å². The monoisotopic (exact) mass is 1170 g/mol. The number of hydrogen-bond acceptors (Lipinski definition) is 14. The van der Waals surface area contributed by atoms with E-state index in [2.05, 4.69) is 68.2 Å². The third kappa shape index (κ3) is 14.4. The van der Waals surface area contributed by atoms with E-state index in [0.29, 0.717) is 70.9 Å². The molecule has 4 aliphatic rings. The smallest absolute Gasteiger partial charge is 0.246 e. The summed E-state index contributed by atoms with van der Waals surface area (Å²) in [6.45, 7) is 29.2. The predicted octanol–water partition coefficient (Wildman–Crippen LogP) is 7.35. The van der Waals surface area contributed by atoms with E-state index in [1.165, 1.54) is 16.2 Å². The average Bonchev–Trinajstić information content (AvgIpc) is 1.63. The first-order chi connectivity index (χ1) is 40.4. The number of piperidine rings is 1. The van der Waals surface area contributed by atoms with Crippen LogP contribution in [0, 0.1) is 18.9 Å². The molecule has 9 rings (SSSR count). The van der Waals surface area contributed by atoms with Crippen molar-refractivity contribution in [1.29, 1.82) is 0 Å². The summed E-state index contributed by atoms with van der Waals surface area (Å²) < 4.78 is 22.6. The standard InChI is InChI=1S/C64H83N9O10S/c1-9-43-34-49-50(64(6,7)59-56(57(49)77)48-15-14-45(65-8)35-51(48)68-59)37-52(43)71-20-16-46(17-21-71)70-22-24-72(25-23-70)55(76)19-27-81-29-31-83-33-32-82-30-28-80-26-18-54(75)69-60(63(3,4)5)62(79)73-39-47(74)36-53(73)61(78)66-38-42-10-12-44(13-11-42)58-41(2)67-40-84-58/h10-15,34-35,37,40,46-47,53,60,68,74H,9,16-33,36,38-39H2,1-7H3,(H,66,78)(H,69,75)/t47-,53+,60-/m1/s1. The van der Waals surface area contributed by atoms with Crippen molar-refractivity contribution >= 4 is 63.0 Å². The van der Waals surface area contributed by atoms with Crippen molar-refractivity contribution in [2.24, 2.45) is 5.41 Å². The van der Waals surface area contributed by atoms with E-state index in [9.17, 15) is 29.1 Å². The van der Waals surface area contributed by atoms with E-state index in [4.69, 9.17) is 25.5 Å². The van der Waals surface area contributed by atoms with Gasteiger partial charge in [0.15, 0.2) is 11.5 Å². The van der Waals surface area contributed by atoms with Crippen LogP contribution in [0.2, 0.25) is 0 Å². The third-order valence-electron chi connectivity index (χ3n) is 17.0. The molecule has 4 N–H and O–H groups in total. The molecule has 3 aliphatic heterocycles. The lowest BCUT2D eigenvalue weighted by Crippen LogP contribution is -2.57. The molecule has 19 nitrogen and oxygen atoms in total. The molecule has 20 heteroatoms. The normalized spacial score (nSPS) is 18.6. The molecule has 0 spiro atoms. The Bertz CT molecular complexity index is 3180. The van der Waals surface area contributed by atoms with Crippen LogP contribution in [0.15, 0.2) is 60.1 Å². The van der Waals surface area contributed by atoms with Gasteiger partial charge in [-0.3, -0.25) is 28.9 Å². The molecular weight excluding hydrogens is 1090 g/mol. The van der Waals surface area contributed by atoms with Gasteiger partial charge in [0.05, 0.1) is 93.6 Å². The van der Waals surface area contributed by atoms with Gasteiger partial charge in [0.2, 0.25) is 23.6 Å². The molecule has 3 saturated heterocycles. The van der Waals surface area contributed by atoms with Crippen LogP contribution < -0.4 is 15.5 Å². The summed E-state index contributed by atoms with van der Waals surface area (Å²) in [6, 6.07) is 16.4. The lowest BCUT2D eigenvalue weighted by atomic mass is 9.70. The molecule has 0 saturated carbocycles. The van der Waals surface area contributed by atoms with Crippen molar-refractivity contribution < 1.29 is 48.0 Å². The van der Waals surface area contributed by atoms with E-state index < -0.39 is 34.9 Å². The minimum absolute atomic E-state index is 0.00900. The zero-order valence-electron chi connectivity index (χ0n) is 49.9. The molecule has 5 aromatic rings. The molecule has 0 radical (unpaired) electrons. The van der Waals surface area contributed by atoms with Gasteiger partial charge < -0.3 is 54.4 Å². The van der Waals surface area contributed by atoms with Crippen molar-refractivity contribution in [3.8, 4) is 10.4 Å². The fourth-order valence-corrected chi connectivity index (χ4v) is 13.0. The molecule has 3 atom stereocenters. The Morgan fingerprint density at radius 3 is 2.15 bits per heavy atom. The van der Waals surface area contributed by atoms with Crippen molar-refractivity contribution in [2.75, 3.05) is 104 Å². The number of nitrogens with zero attached hydrogens (tertiary/aromatic N) is 6. The first kappa shape index (κ1) is 62.0. The average molecular weight is 1170 g/mol. The first-order valence-corrected chi connectivity index (χ1v) is 30.6. The predicted molar refractivity (Wildman–Crippen MR) is 323 cm³/mol. The minimum atomic E-state index is -0.936. The number of anilines is 1. The molecule has 1 aliphatic carbocycles.